The first kappa shape index (κ1) is 21.8. The third kappa shape index (κ3) is 12.5. The monoisotopic (exact) mass is 342 g/mol. The van der Waals surface area contributed by atoms with Crippen LogP contribution in [-0.2, 0) is 14.4 Å². The highest BCUT2D eigenvalue weighted by Gasteiger charge is 2.38. The van der Waals surface area contributed by atoms with E-state index in [9.17, 15) is 35.9 Å². The molecule has 0 atom stereocenters. The predicted molar refractivity (Wildman–Crippen MR) is 53.5 cm³/mol. The third-order valence-electron chi connectivity index (χ3n) is 1.38. The molecule has 3 amide bonds. The molecule has 0 bridgehead atoms. The number of carbonyl (C=O) groups is 4. The van der Waals surface area contributed by atoms with E-state index in [1.807, 2.05) is 0 Å². The second kappa shape index (κ2) is 8.68. The Labute approximate surface area is 117 Å². The van der Waals surface area contributed by atoms with Gasteiger partial charge in [-0.05, 0) is 0 Å². The zero-order valence-electron chi connectivity index (χ0n) is 10.2. The standard InChI is InChI=1S/C4H6N2O2.2C2HF3O2/c7-3-1-2-5-4(8)6-3;2*3-2(4,5)1(6)7/h1-2H2,(H2,5,6,7,8);2*(H,6,7). The van der Waals surface area contributed by atoms with Crippen molar-refractivity contribution in [3.63, 3.8) is 0 Å². The first-order valence-electron chi connectivity index (χ1n) is 4.85. The number of alkyl halides is 6. The Kier molecular flexibility index (Phi) is 8.58. The van der Waals surface area contributed by atoms with Crippen LogP contribution in [0.25, 0.3) is 0 Å². The van der Waals surface area contributed by atoms with E-state index in [0.29, 0.717) is 13.0 Å². The Morgan fingerprint density at radius 2 is 1.23 bits per heavy atom. The van der Waals surface area contributed by atoms with Gasteiger partial charge in [-0.2, -0.15) is 26.3 Å². The molecule has 1 saturated heterocycles. The van der Waals surface area contributed by atoms with Crippen LogP contribution in [0.15, 0.2) is 0 Å². The van der Waals surface area contributed by atoms with Crippen molar-refractivity contribution < 1.29 is 55.7 Å². The van der Waals surface area contributed by atoms with Crippen LogP contribution in [0.3, 0.4) is 0 Å². The summed E-state index contributed by atoms with van der Waals surface area (Å²) in [7, 11) is 0. The number of amides is 3. The summed E-state index contributed by atoms with van der Waals surface area (Å²) >= 11 is 0. The number of rotatable bonds is 0. The summed E-state index contributed by atoms with van der Waals surface area (Å²) in [4.78, 5) is 38.3. The van der Waals surface area contributed by atoms with E-state index >= 15 is 0 Å². The Hall–Kier alpha value is -2.54. The van der Waals surface area contributed by atoms with Gasteiger partial charge in [-0.15, -0.1) is 0 Å². The number of aliphatic carboxylic acids is 2. The van der Waals surface area contributed by atoms with Gasteiger partial charge in [-0.1, -0.05) is 0 Å². The molecular weight excluding hydrogens is 334 g/mol. The molecule has 22 heavy (non-hydrogen) atoms. The predicted octanol–water partition coefficient (Wildman–Crippen LogP) is 0.482. The van der Waals surface area contributed by atoms with E-state index in [1.165, 1.54) is 0 Å². The van der Waals surface area contributed by atoms with Gasteiger partial charge < -0.3 is 15.5 Å². The van der Waals surface area contributed by atoms with Crippen LogP contribution in [0.5, 0.6) is 0 Å². The molecule has 1 fully saturated rings. The maximum absolute atomic E-state index is 10.6. The highest BCUT2D eigenvalue weighted by atomic mass is 19.4. The van der Waals surface area contributed by atoms with E-state index in [-0.39, 0.29) is 11.9 Å². The van der Waals surface area contributed by atoms with Crippen LogP contribution in [0.4, 0.5) is 31.1 Å². The van der Waals surface area contributed by atoms with E-state index in [1.54, 1.807) is 0 Å². The van der Waals surface area contributed by atoms with Crippen molar-refractivity contribution in [3.8, 4) is 0 Å². The van der Waals surface area contributed by atoms with Gasteiger partial charge in [0.1, 0.15) is 0 Å². The minimum absolute atomic E-state index is 0.200. The molecular formula is C8H8F6N2O6. The average molecular weight is 342 g/mol. The fraction of sp³-hybridized carbons (Fsp3) is 0.500. The molecule has 0 aromatic heterocycles. The second-order valence-electron chi connectivity index (χ2n) is 3.16. The number of imide groups is 1. The van der Waals surface area contributed by atoms with Crippen molar-refractivity contribution >= 4 is 23.9 Å². The van der Waals surface area contributed by atoms with Gasteiger partial charge in [0.05, 0.1) is 0 Å². The van der Waals surface area contributed by atoms with Gasteiger partial charge >= 0.3 is 30.3 Å². The van der Waals surface area contributed by atoms with Crippen LogP contribution in [0.1, 0.15) is 6.42 Å². The van der Waals surface area contributed by atoms with Crippen molar-refractivity contribution in [3.05, 3.63) is 0 Å². The Morgan fingerprint density at radius 3 is 1.36 bits per heavy atom. The summed E-state index contributed by atoms with van der Waals surface area (Å²) in [6, 6.07) is -0.388. The number of nitrogens with one attached hydrogen (secondary N) is 2. The number of carboxylic acids is 2. The van der Waals surface area contributed by atoms with E-state index in [4.69, 9.17) is 19.8 Å². The first-order valence-corrected chi connectivity index (χ1v) is 4.85. The number of hydrogen-bond donors (Lipinski definition) is 4. The van der Waals surface area contributed by atoms with Gasteiger partial charge in [0, 0.05) is 13.0 Å². The van der Waals surface area contributed by atoms with Crippen molar-refractivity contribution in [2.45, 2.75) is 18.8 Å². The summed E-state index contributed by atoms with van der Waals surface area (Å²) in [5.41, 5.74) is 0. The molecule has 0 unspecified atom stereocenters. The summed E-state index contributed by atoms with van der Waals surface area (Å²) in [5.74, 6) is -5.71. The van der Waals surface area contributed by atoms with Crippen LogP contribution in [-0.4, -0.2) is 53.0 Å². The zero-order valence-corrected chi connectivity index (χ0v) is 10.2. The summed E-state index contributed by atoms with van der Waals surface area (Å²) in [6.07, 6.45) is -9.77. The highest BCUT2D eigenvalue weighted by molar-refractivity contribution is 5.96. The highest BCUT2D eigenvalue weighted by Crippen LogP contribution is 2.13. The summed E-state index contributed by atoms with van der Waals surface area (Å²) < 4.78 is 63.5. The van der Waals surface area contributed by atoms with Crippen molar-refractivity contribution in [2.24, 2.45) is 0 Å². The topological polar surface area (TPSA) is 133 Å². The molecule has 128 valence electrons. The second-order valence-corrected chi connectivity index (χ2v) is 3.16. The third-order valence-corrected chi connectivity index (χ3v) is 1.38. The van der Waals surface area contributed by atoms with Crippen LogP contribution >= 0.6 is 0 Å². The lowest BCUT2D eigenvalue weighted by Gasteiger charge is -2.10. The molecule has 1 rings (SSSR count). The Morgan fingerprint density at radius 1 is 0.909 bits per heavy atom. The zero-order chi connectivity index (χ0) is 18.1. The molecule has 4 N–H and O–H groups in total. The Balaban J connectivity index is 0. The maximum Gasteiger partial charge on any atom is 0.490 e. The minimum Gasteiger partial charge on any atom is -0.475 e. The van der Waals surface area contributed by atoms with Crippen LogP contribution < -0.4 is 10.6 Å². The fourth-order valence-corrected chi connectivity index (χ4v) is 0.523. The van der Waals surface area contributed by atoms with Gasteiger partial charge in [0.15, 0.2) is 0 Å². The lowest BCUT2D eigenvalue weighted by Crippen LogP contribution is -2.46. The number of urea groups is 1. The minimum atomic E-state index is -5.08. The molecule has 1 heterocycles. The van der Waals surface area contributed by atoms with Crippen LogP contribution in [0, 0.1) is 0 Å². The molecule has 0 spiro atoms. The van der Waals surface area contributed by atoms with Gasteiger partial charge in [0.2, 0.25) is 5.91 Å². The molecule has 0 radical (unpaired) electrons. The Bertz CT molecular complexity index is 394. The molecule has 1 aliphatic heterocycles. The van der Waals surface area contributed by atoms with Crippen molar-refractivity contribution in [1.29, 1.82) is 0 Å². The fourth-order valence-electron chi connectivity index (χ4n) is 0.523. The molecule has 8 nitrogen and oxygen atoms in total. The molecule has 0 aliphatic carbocycles. The number of hydrogen-bond acceptors (Lipinski definition) is 4. The number of halogens is 6. The largest absolute Gasteiger partial charge is 0.490 e. The summed E-state index contributed by atoms with van der Waals surface area (Å²) in [6.45, 7) is 0.463. The molecule has 1 aliphatic rings. The SMILES string of the molecule is O=C(O)C(F)(F)F.O=C(O)C(F)(F)F.O=C1CCNC(=O)N1. The van der Waals surface area contributed by atoms with Crippen molar-refractivity contribution in [2.75, 3.05) is 6.54 Å². The van der Waals surface area contributed by atoms with E-state index in [2.05, 4.69) is 10.6 Å². The lowest BCUT2D eigenvalue weighted by atomic mass is 10.3. The normalized spacial score (nSPS) is 14.3. The number of carbonyl (C=O) groups excluding carboxylic acids is 2. The average Bonchev–Trinajstić information content (AvgIpc) is 2.27. The maximum atomic E-state index is 10.6. The smallest absolute Gasteiger partial charge is 0.475 e. The van der Waals surface area contributed by atoms with Crippen LogP contribution in [0.2, 0.25) is 0 Å². The molecule has 14 heteroatoms. The lowest BCUT2D eigenvalue weighted by molar-refractivity contribution is -0.193. The molecule has 0 saturated carbocycles. The van der Waals surface area contributed by atoms with E-state index in [0.717, 1.165) is 0 Å². The molecule has 0 aromatic rings. The summed E-state index contributed by atoms with van der Waals surface area (Å²) in [5, 5.41) is 18.8. The van der Waals surface area contributed by atoms with Gasteiger partial charge in [0.25, 0.3) is 0 Å². The van der Waals surface area contributed by atoms with Gasteiger partial charge in [-0.25, -0.2) is 14.4 Å². The quantitative estimate of drug-likeness (QED) is 0.473. The molecule has 0 aromatic carbocycles. The van der Waals surface area contributed by atoms with Crippen molar-refractivity contribution in [1.82, 2.24) is 10.6 Å². The number of carboxylic acid groups (broad SMARTS) is 2. The van der Waals surface area contributed by atoms with Gasteiger partial charge in [-0.3, -0.25) is 10.1 Å². The van der Waals surface area contributed by atoms with E-state index < -0.39 is 24.3 Å². The first-order chi connectivity index (χ1) is 9.67.